The van der Waals surface area contributed by atoms with Gasteiger partial charge in [-0.05, 0) is 35.9 Å². The molecule has 6 nitrogen and oxygen atoms in total. The van der Waals surface area contributed by atoms with Gasteiger partial charge in [-0.15, -0.1) is 0 Å². The Balaban J connectivity index is 1.65. The summed E-state index contributed by atoms with van der Waals surface area (Å²) < 4.78 is 22.3. The van der Waals surface area contributed by atoms with E-state index in [9.17, 15) is 9.18 Å². The van der Waals surface area contributed by atoms with E-state index in [-0.39, 0.29) is 23.3 Å². The average Bonchev–Trinajstić information content (AvgIpc) is 3.27. The summed E-state index contributed by atoms with van der Waals surface area (Å²) in [7, 11) is 1.57. The molecule has 0 aliphatic carbocycles. The summed E-state index contributed by atoms with van der Waals surface area (Å²) >= 11 is 1.21. The molecular formula is C19H17FN4O2S. The molecule has 0 aliphatic rings. The van der Waals surface area contributed by atoms with E-state index in [0.29, 0.717) is 5.82 Å². The van der Waals surface area contributed by atoms with Crippen molar-refractivity contribution in [2.75, 3.05) is 7.11 Å². The van der Waals surface area contributed by atoms with Gasteiger partial charge < -0.3 is 4.74 Å². The van der Waals surface area contributed by atoms with Crippen LogP contribution in [0.15, 0.2) is 53.6 Å². The molecule has 1 unspecified atom stereocenters. The molecule has 0 radical (unpaired) electrons. The molecule has 3 heterocycles. The Morgan fingerprint density at radius 2 is 2.11 bits per heavy atom. The lowest BCUT2D eigenvalue weighted by atomic mass is 9.98. The molecule has 8 heteroatoms. The maximum atomic E-state index is 13.0. The van der Waals surface area contributed by atoms with Gasteiger partial charge >= 0.3 is 4.87 Å². The first-order valence-corrected chi connectivity index (χ1v) is 9.18. The predicted octanol–water partition coefficient (Wildman–Crippen LogP) is 3.54. The largest absolute Gasteiger partial charge is 0.364 e. The van der Waals surface area contributed by atoms with Crippen LogP contribution in [0.25, 0.3) is 16.0 Å². The van der Waals surface area contributed by atoms with E-state index in [1.165, 1.54) is 23.6 Å². The van der Waals surface area contributed by atoms with E-state index in [4.69, 9.17) is 4.74 Å². The van der Waals surface area contributed by atoms with Crippen LogP contribution >= 0.6 is 11.3 Å². The van der Waals surface area contributed by atoms with Crippen molar-refractivity contribution in [1.82, 2.24) is 19.3 Å². The zero-order chi connectivity index (χ0) is 19.0. The molecule has 1 aromatic carbocycles. The van der Waals surface area contributed by atoms with Crippen molar-refractivity contribution in [1.29, 1.82) is 0 Å². The van der Waals surface area contributed by atoms with Gasteiger partial charge in [-0.25, -0.2) is 14.1 Å². The van der Waals surface area contributed by atoms with Gasteiger partial charge in [0.1, 0.15) is 12.5 Å². The van der Waals surface area contributed by atoms with Gasteiger partial charge in [0.05, 0.1) is 22.1 Å². The lowest BCUT2D eigenvalue weighted by molar-refractivity contribution is 0.133. The van der Waals surface area contributed by atoms with Crippen LogP contribution in [-0.4, -0.2) is 26.4 Å². The molecule has 4 aromatic rings. The molecule has 27 heavy (non-hydrogen) atoms. The number of nitrogens with zero attached hydrogens (tertiary/aromatic N) is 4. The fourth-order valence-electron chi connectivity index (χ4n) is 2.97. The molecule has 0 saturated carbocycles. The van der Waals surface area contributed by atoms with Crippen molar-refractivity contribution < 1.29 is 9.13 Å². The lowest BCUT2D eigenvalue weighted by Crippen LogP contribution is -2.13. The van der Waals surface area contributed by atoms with Crippen molar-refractivity contribution in [2.45, 2.75) is 19.6 Å². The third-order valence-corrected chi connectivity index (χ3v) is 5.39. The van der Waals surface area contributed by atoms with Gasteiger partial charge in [-0.3, -0.25) is 9.36 Å². The fourth-order valence-corrected chi connectivity index (χ4v) is 3.90. The SMILES string of the molecule is COCn1c(=O)sc2cc(C(C)c3ccn(-c4ccc(F)cn4)n3)ccc21. The van der Waals surface area contributed by atoms with Crippen LogP contribution in [0.5, 0.6) is 0 Å². The smallest absolute Gasteiger partial charge is 0.310 e. The number of rotatable bonds is 5. The minimum Gasteiger partial charge on any atom is -0.364 e. The summed E-state index contributed by atoms with van der Waals surface area (Å²) in [4.78, 5) is 16.1. The minimum absolute atomic E-state index is 0.0316. The highest BCUT2D eigenvalue weighted by atomic mass is 32.1. The van der Waals surface area contributed by atoms with Crippen molar-refractivity contribution in [3.05, 3.63) is 75.5 Å². The zero-order valence-corrected chi connectivity index (χ0v) is 15.6. The number of thiazole rings is 1. The summed E-state index contributed by atoms with van der Waals surface area (Å²) in [5.41, 5.74) is 2.79. The monoisotopic (exact) mass is 384 g/mol. The molecule has 0 N–H and O–H groups in total. The van der Waals surface area contributed by atoms with Gasteiger partial charge in [0.2, 0.25) is 0 Å². The quantitative estimate of drug-likeness (QED) is 0.528. The normalized spacial score (nSPS) is 12.6. The van der Waals surface area contributed by atoms with Crippen LogP contribution in [0.2, 0.25) is 0 Å². The molecular weight excluding hydrogens is 367 g/mol. The molecule has 0 bridgehead atoms. The van der Waals surface area contributed by atoms with Gasteiger partial charge in [-0.2, -0.15) is 5.10 Å². The highest BCUT2D eigenvalue weighted by Crippen LogP contribution is 2.27. The van der Waals surface area contributed by atoms with Gasteiger partial charge in [-0.1, -0.05) is 24.3 Å². The molecule has 0 saturated heterocycles. The molecule has 4 rings (SSSR count). The average molecular weight is 384 g/mol. The summed E-state index contributed by atoms with van der Waals surface area (Å²) in [5, 5.41) is 4.57. The zero-order valence-electron chi connectivity index (χ0n) is 14.8. The van der Waals surface area contributed by atoms with Crippen LogP contribution in [-0.2, 0) is 11.5 Å². The number of methoxy groups -OCH3 is 1. The molecule has 1 atom stereocenters. The summed E-state index contributed by atoms with van der Waals surface area (Å²) in [5.74, 6) is 0.205. The first kappa shape index (κ1) is 17.6. The number of hydrogen-bond acceptors (Lipinski definition) is 5. The Bertz CT molecular complexity index is 1150. The summed E-state index contributed by atoms with van der Waals surface area (Å²) in [6.45, 7) is 2.30. The van der Waals surface area contributed by atoms with Crippen molar-refractivity contribution in [3.8, 4) is 5.82 Å². The number of fused-ring (bicyclic) bond motifs is 1. The van der Waals surface area contributed by atoms with E-state index in [0.717, 1.165) is 21.5 Å². The van der Waals surface area contributed by atoms with Crippen LogP contribution < -0.4 is 4.87 Å². The second-order valence-corrected chi connectivity index (χ2v) is 7.18. The van der Waals surface area contributed by atoms with Crippen LogP contribution in [0.1, 0.15) is 24.1 Å². The highest BCUT2D eigenvalue weighted by Gasteiger charge is 2.15. The first-order chi connectivity index (χ1) is 13.1. The molecule has 138 valence electrons. The van der Waals surface area contributed by atoms with Crippen molar-refractivity contribution in [3.63, 3.8) is 0 Å². The Morgan fingerprint density at radius 1 is 1.26 bits per heavy atom. The highest BCUT2D eigenvalue weighted by molar-refractivity contribution is 7.16. The van der Waals surface area contributed by atoms with Crippen molar-refractivity contribution in [2.24, 2.45) is 0 Å². The first-order valence-electron chi connectivity index (χ1n) is 8.36. The van der Waals surface area contributed by atoms with Gasteiger partial charge in [0.25, 0.3) is 0 Å². The number of hydrogen-bond donors (Lipinski definition) is 0. The van der Waals surface area contributed by atoms with Gasteiger partial charge in [0.15, 0.2) is 5.82 Å². The molecule has 0 spiro atoms. The number of benzene rings is 1. The number of aromatic nitrogens is 4. The van der Waals surface area contributed by atoms with E-state index in [1.807, 2.05) is 24.3 Å². The predicted molar refractivity (Wildman–Crippen MR) is 102 cm³/mol. The summed E-state index contributed by atoms with van der Waals surface area (Å²) in [6, 6.07) is 10.8. The Kier molecular flexibility index (Phi) is 4.59. The second kappa shape index (κ2) is 7.05. The van der Waals surface area contributed by atoms with Gasteiger partial charge in [0, 0.05) is 19.2 Å². The third-order valence-electron chi connectivity index (χ3n) is 4.45. The minimum atomic E-state index is -0.382. The Morgan fingerprint density at radius 3 is 2.85 bits per heavy atom. The Hall–Kier alpha value is -2.84. The van der Waals surface area contributed by atoms with Crippen LogP contribution in [0.4, 0.5) is 4.39 Å². The third kappa shape index (κ3) is 3.29. The fraction of sp³-hybridized carbons (Fsp3) is 0.211. The molecule has 3 aromatic heterocycles. The lowest BCUT2D eigenvalue weighted by Gasteiger charge is -2.10. The van der Waals surface area contributed by atoms with E-state index in [2.05, 4.69) is 17.0 Å². The Labute approximate surface area is 158 Å². The van der Waals surface area contributed by atoms with Crippen LogP contribution in [0.3, 0.4) is 0 Å². The maximum Gasteiger partial charge on any atom is 0.310 e. The van der Waals surface area contributed by atoms with Crippen molar-refractivity contribution >= 4 is 21.6 Å². The van der Waals surface area contributed by atoms with E-state index in [1.54, 1.807) is 28.6 Å². The summed E-state index contributed by atoms with van der Waals surface area (Å²) in [6.07, 6.45) is 2.97. The number of pyridine rings is 1. The standard InChI is InChI=1S/C19H17FN4O2S/c1-12(15-7-8-24(22-15)18-6-4-14(20)10-21-18)13-3-5-16-17(9-13)27-19(25)23(16)11-26-2/h3-10,12H,11H2,1-2H3. The van der Waals surface area contributed by atoms with E-state index >= 15 is 0 Å². The number of halogens is 1. The second-order valence-electron chi connectivity index (χ2n) is 6.18. The van der Waals surface area contributed by atoms with E-state index < -0.39 is 0 Å². The maximum absolute atomic E-state index is 13.0. The molecule has 0 aliphatic heterocycles. The molecule has 0 amide bonds. The molecule has 0 fully saturated rings. The van der Waals surface area contributed by atoms with Crippen LogP contribution in [0, 0.1) is 5.82 Å². The number of ether oxygens (including phenoxy) is 1. The topological polar surface area (TPSA) is 61.9 Å².